The van der Waals surface area contributed by atoms with Gasteiger partial charge in [-0.15, -0.1) is 0 Å². The average molecular weight is 378 g/mol. The highest BCUT2D eigenvalue weighted by molar-refractivity contribution is 6.03. The van der Waals surface area contributed by atoms with Crippen LogP contribution in [0.5, 0.6) is 0 Å². The van der Waals surface area contributed by atoms with Crippen molar-refractivity contribution in [3.8, 4) is 0 Å². The van der Waals surface area contributed by atoms with Crippen LogP contribution in [0.1, 0.15) is 34.2 Å². The number of nitrogens with zero attached hydrogens (tertiary/aromatic N) is 2. The summed E-state index contributed by atoms with van der Waals surface area (Å²) in [5.74, 6) is -0.169. The van der Waals surface area contributed by atoms with Crippen molar-refractivity contribution in [1.82, 2.24) is 9.97 Å². The molecule has 5 nitrogen and oxygen atoms in total. The summed E-state index contributed by atoms with van der Waals surface area (Å²) in [6.45, 7) is 4.31. The summed E-state index contributed by atoms with van der Waals surface area (Å²) in [5.41, 5.74) is 3.42. The number of carbonyl (C=O) groups excluding carboxylic acids is 1. The minimum Gasteiger partial charge on any atom is -0.354 e. The number of aryl methyl sites for hydroxylation is 2. The van der Waals surface area contributed by atoms with Crippen molar-refractivity contribution >= 4 is 17.5 Å². The summed E-state index contributed by atoms with van der Waals surface area (Å²) in [4.78, 5) is 21.3. The van der Waals surface area contributed by atoms with Gasteiger partial charge >= 0.3 is 0 Å². The van der Waals surface area contributed by atoms with Crippen LogP contribution in [0, 0.1) is 12.7 Å². The van der Waals surface area contributed by atoms with Crippen LogP contribution in [-0.2, 0) is 12.8 Å². The summed E-state index contributed by atoms with van der Waals surface area (Å²) in [7, 11) is 0. The molecule has 28 heavy (non-hydrogen) atoms. The zero-order valence-corrected chi connectivity index (χ0v) is 16.0. The lowest BCUT2D eigenvalue weighted by Crippen LogP contribution is -2.17. The Labute approximate surface area is 164 Å². The molecule has 6 heteroatoms. The highest BCUT2D eigenvalue weighted by atomic mass is 19.1. The second-order valence-corrected chi connectivity index (χ2v) is 6.45. The molecule has 1 aromatic heterocycles. The predicted molar refractivity (Wildman–Crippen MR) is 109 cm³/mol. The summed E-state index contributed by atoms with van der Waals surface area (Å²) >= 11 is 0. The molecule has 0 aliphatic carbocycles. The van der Waals surface area contributed by atoms with E-state index in [1.165, 1.54) is 6.07 Å². The molecule has 1 heterocycles. The number of nitrogens with one attached hydrogen (secondary N) is 2. The van der Waals surface area contributed by atoms with Gasteiger partial charge in [-0.3, -0.25) is 4.79 Å². The largest absolute Gasteiger partial charge is 0.354 e. The Kier molecular flexibility index (Phi) is 6.32. The first-order valence-corrected chi connectivity index (χ1v) is 9.29. The summed E-state index contributed by atoms with van der Waals surface area (Å²) in [5, 5.41) is 5.99. The predicted octanol–water partition coefficient (Wildman–Crippen LogP) is 4.39. The number of para-hydroxylation sites is 1. The number of rotatable bonds is 7. The van der Waals surface area contributed by atoms with Gasteiger partial charge in [-0.05, 0) is 49.1 Å². The van der Waals surface area contributed by atoms with Gasteiger partial charge in [-0.1, -0.05) is 43.3 Å². The Hall–Kier alpha value is -3.28. The van der Waals surface area contributed by atoms with E-state index in [1.54, 1.807) is 31.2 Å². The van der Waals surface area contributed by atoms with E-state index in [0.29, 0.717) is 30.2 Å². The Morgan fingerprint density at radius 3 is 2.50 bits per heavy atom. The molecule has 2 N–H and O–H groups in total. The van der Waals surface area contributed by atoms with E-state index < -0.39 is 0 Å². The van der Waals surface area contributed by atoms with Crippen molar-refractivity contribution in [2.45, 2.75) is 26.7 Å². The molecule has 0 bridgehead atoms. The van der Waals surface area contributed by atoms with Gasteiger partial charge in [0.05, 0.1) is 0 Å². The van der Waals surface area contributed by atoms with Gasteiger partial charge in [0.25, 0.3) is 5.91 Å². The van der Waals surface area contributed by atoms with Gasteiger partial charge in [0.2, 0.25) is 5.95 Å². The molecule has 0 atom stereocenters. The molecule has 0 saturated heterocycles. The van der Waals surface area contributed by atoms with E-state index in [0.717, 1.165) is 17.7 Å². The van der Waals surface area contributed by atoms with E-state index in [4.69, 9.17) is 0 Å². The number of hydrogen-bond acceptors (Lipinski definition) is 4. The van der Waals surface area contributed by atoms with Crippen molar-refractivity contribution in [3.63, 3.8) is 0 Å². The Morgan fingerprint density at radius 1 is 1.04 bits per heavy atom. The number of anilines is 2. The maximum atomic E-state index is 13.7. The van der Waals surface area contributed by atoms with Gasteiger partial charge in [-0.25, -0.2) is 14.4 Å². The van der Waals surface area contributed by atoms with Gasteiger partial charge in [0.15, 0.2) is 0 Å². The molecule has 1 amide bonds. The Balaban J connectivity index is 1.68. The summed E-state index contributed by atoms with van der Waals surface area (Å²) in [6.07, 6.45) is 1.32. The van der Waals surface area contributed by atoms with Crippen LogP contribution in [0.4, 0.5) is 16.0 Å². The minimum absolute atomic E-state index is 0.232. The van der Waals surface area contributed by atoms with Crippen LogP contribution in [0.2, 0.25) is 0 Å². The SMILES string of the molecule is CCc1ccccc1NC(=O)c1cc(C)nc(NCCc2ccccc2F)n1. The zero-order valence-electron chi connectivity index (χ0n) is 16.0. The molecule has 0 unspecified atom stereocenters. The van der Waals surface area contributed by atoms with Gasteiger partial charge < -0.3 is 10.6 Å². The van der Waals surface area contributed by atoms with Gasteiger partial charge in [-0.2, -0.15) is 0 Å². The van der Waals surface area contributed by atoms with E-state index in [9.17, 15) is 9.18 Å². The highest BCUT2D eigenvalue weighted by Crippen LogP contribution is 2.17. The van der Waals surface area contributed by atoms with E-state index in [-0.39, 0.29) is 17.4 Å². The first kappa shape index (κ1) is 19.5. The molecule has 0 aliphatic heterocycles. The molecular formula is C22H23FN4O. The van der Waals surface area contributed by atoms with Crippen molar-refractivity contribution in [2.24, 2.45) is 0 Å². The van der Waals surface area contributed by atoms with Crippen LogP contribution < -0.4 is 10.6 Å². The number of aromatic nitrogens is 2. The number of halogens is 1. The number of carbonyl (C=O) groups is 1. The number of hydrogen-bond donors (Lipinski definition) is 2. The van der Waals surface area contributed by atoms with Crippen molar-refractivity contribution in [2.75, 3.05) is 17.2 Å². The molecule has 0 fully saturated rings. The number of amides is 1. The van der Waals surface area contributed by atoms with Crippen LogP contribution in [0.15, 0.2) is 54.6 Å². The first-order chi connectivity index (χ1) is 13.6. The van der Waals surface area contributed by atoms with Crippen molar-refractivity contribution in [1.29, 1.82) is 0 Å². The molecule has 3 rings (SSSR count). The normalized spacial score (nSPS) is 10.5. The van der Waals surface area contributed by atoms with E-state index >= 15 is 0 Å². The van der Waals surface area contributed by atoms with Crippen LogP contribution in [0.25, 0.3) is 0 Å². The quantitative estimate of drug-likeness (QED) is 0.640. The zero-order chi connectivity index (χ0) is 19.9. The van der Waals surface area contributed by atoms with Crippen molar-refractivity contribution in [3.05, 3.63) is 82.9 Å². The fourth-order valence-corrected chi connectivity index (χ4v) is 2.91. The molecule has 2 aromatic carbocycles. The first-order valence-electron chi connectivity index (χ1n) is 9.29. The van der Waals surface area contributed by atoms with Crippen LogP contribution in [-0.4, -0.2) is 22.4 Å². The maximum absolute atomic E-state index is 13.7. The second kappa shape index (κ2) is 9.08. The fraction of sp³-hybridized carbons (Fsp3) is 0.227. The van der Waals surface area contributed by atoms with Crippen molar-refractivity contribution < 1.29 is 9.18 Å². The molecule has 0 spiro atoms. The monoisotopic (exact) mass is 378 g/mol. The molecular weight excluding hydrogens is 355 g/mol. The van der Waals surface area contributed by atoms with Crippen LogP contribution >= 0.6 is 0 Å². The Bertz CT molecular complexity index is 974. The van der Waals surface area contributed by atoms with E-state index in [2.05, 4.69) is 20.6 Å². The molecule has 0 saturated carbocycles. The third kappa shape index (κ3) is 4.91. The lowest BCUT2D eigenvalue weighted by atomic mass is 10.1. The standard InChI is InChI=1S/C22H23FN4O/c1-3-16-8-5-7-11-19(16)26-21(28)20-14-15(2)25-22(27-20)24-13-12-17-9-4-6-10-18(17)23/h4-11,14H,3,12-13H2,1-2H3,(H,26,28)(H,24,25,27). The van der Waals surface area contributed by atoms with Gasteiger partial charge in [0.1, 0.15) is 11.5 Å². The highest BCUT2D eigenvalue weighted by Gasteiger charge is 2.12. The topological polar surface area (TPSA) is 66.9 Å². The summed E-state index contributed by atoms with van der Waals surface area (Å²) < 4.78 is 13.7. The fourth-order valence-electron chi connectivity index (χ4n) is 2.91. The summed E-state index contributed by atoms with van der Waals surface area (Å²) in [6, 6.07) is 16.0. The lowest BCUT2D eigenvalue weighted by Gasteiger charge is -2.11. The van der Waals surface area contributed by atoms with E-state index in [1.807, 2.05) is 31.2 Å². The molecule has 3 aromatic rings. The van der Waals surface area contributed by atoms with Gasteiger partial charge in [0, 0.05) is 17.9 Å². The molecule has 0 radical (unpaired) electrons. The second-order valence-electron chi connectivity index (χ2n) is 6.45. The smallest absolute Gasteiger partial charge is 0.274 e. The average Bonchev–Trinajstić information content (AvgIpc) is 2.69. The van der Waals surface area contributed by atoms with Crippen LogP contribution in [0.3, 0.4) is 0 Å². The Morgan fingerprint density at radius 2 is 1.75 bits per heavy atom. The molecule has 0 aliphatic rings. The third-order valence-electron chi connectivity index (χ3n) is 4.37. The number of benzene rings is 2. The maximum Gasteiger partial charge on any atom is 0.274 e. The molecule has 144 valence electrons. The third-order valence-corrected chi connectivity index (χ3v) is 4.37. The minimum atomic E-state index is -0.288. The lowest BCUT2D eigenvalue weighted by molar-refractivity contribution is 0.102.